The van der Waals surface area contributed by atoms with E-state index in [0.29, 0.717) is 19.3 Å². The van der Waals surface area contributed by atoms with Crippen LogP contribution in [0.2, 0.25) is 0 Å². The standard InChI is InChI=1S/C16H14F2N2O4/c17-9-4-2-5-10(18)13(9)15-20-12(7-24-15)14(21)19-11-6-1-3-8(11)16(22)23/h2,4-5,7-8,11H,1,3,6H2,(H,19,21)(H,22,23)/t8-,11+/m1/s1. The number of oxazole rings is 1. The van der Waals surface area contributed by atoms with Gasteiger partial charge in [-0.05, 0) is 25.0 Å². The zero-order chi connectivity index (χ0) is 17.3. The molecule has 1 saturated carbocycles. The van der Waals surface area contributed by atoms with E-state index in [9.17, 15) is 18.4 Å². The van der Waals surface area contributed by atoms with Crippen LogP contribution in [0.3, 0.4) is 0 Å². The highest BCUT2D eigenvalue weighted by molar-refractivity contribution is 5.93. The van der Waals surface area contributed by atoms with Crippen LogP contribution in [0.1, 0.15) is 29.8 Å². The summed E-state index contributed by atoms with van der Waals surface area (Å²) in [5, 5.41) is 11.7. The molecule has 24 heavy (non-hydrogen) atoms. The molecule has 1 heterocycles. The van der Waals surface area contributed by atoms with Crippen molar-refractivity contribution in [3.8, 4) is 11.5 Å². The quantitative estimate of drug-likeness (QED) is 0.895. The number of aromatic nitrogens is 1. The Labute approximate surface area is 135 Å². The highest BCUT2D eigenvalue weighted by Crippen LogP contribution is 2.27. The van der Waals surface area contributed by atoms with E-state index < -0.39 is 41.0 Å². The number of carbonyl (C=O) groups is 2. The Morgan fingerprint density at radius 1 is 1.25 bits per heavy atom. The topological polar surface area (TPSA) is 92.4 Å². The maximum absolute atomic E-state index is 13.7. The third-order valence-electron chi connectivity index (χ3n) is 4.06. The number of nitrogens with one attached hydrogen (secondary N) is 1. The minimum atomic E-state index is -0.966. The van der Waals surface area contributed by atoms with E-state index >= 15 is 0 Å². The summed E-state index contributed by atoms with van der Waals surface area (Å²) in [6.07, 6.45) is 2.73. The van der Waals surface area contributed by atoms with Crippen molar-refractivity contribution in [2.24, 2.45) is 5.92 Å². The molecule has 8 heteroatoms. The van der Waals surface area contributed by atoms with Crippen LogP contribution in [0.4, 0.5) is 8.78 Å². The van der Waals surface area contributed by atoms with Gasteiger partial charge in [0.05, 0.1) is 5.92 Å². The van der Waals surface area contributed by atoms with Crippen molar-refractivity contribution in [1.29, 1.82) is 0 Å². The third kappa shape index (κ3) is 2.99. The van der Waals surface area contributed by atoms with Crippen molar-refractivity contribution in [2.75, 3.05) is 0 Å². The lowest BCUT2D eigenvalue weighted by Gasteiger charge is -2.16. The Morgan fingerprint density at radius 3 is 2.62 bits per heavy atom. The van der Waals surface area contributed by atoms with Crippen molar-refractivity contribution >= 4 is 11.9 Å². The Hall–Kier alpha value is -2.77. The summed E-state index contributed by atoms with van der Waals surface area (Å²) in [6.45, 7) is 0. The molecule has 0 bridgehead atoms. The molecule has 1 aromatic heterocycles. The first kappa shape index (κ1) is 16.1. The molecule has 0 spiro atoms. The summed E-state index contributed by atoms with van der Waals surface area (Å²) in [7, 11) is 0. The van der Waals surface area contributed by atoms with Gasteiger partial charge in [-0.2, -0.15) is 0 Å². The lowest BCUT2D eigenvalue weighted by Crippen LogP contribution is -2.40. The molecule has 0 radical (unpaired) electrons. The van der Waals surface area contributed by atoms with E-state index in [4.69, 9.17) is 9.52 Å². The van der Waals surface area contributed by atoms with Crippen LogP contribution in [0.25, 0.3) is 11.5 Å². The number of aliphatic carboxylic acids is 1. The van der Waals surface area contributed by atoms with Gasteiger partial charge in [0, 0.05) is 6.04 Å². The molecule has 1 fully saturated rings. The number of carboxylic acid groups (broad SMARTS) is 1. The Balaban J connectivity index is 1.78. The summed E-state index contributed by atoms with van der Waals surface area (Å²) >= 11 is 0. The predicted molar refractivity (Wildman–Crippen MR) is 78.1 cm³/mol. The van der Waals surface area contributed by atoms with E-state index in [1.165, 1.54) is 6.07 Å². The van der Waals surface area contributed by atoms with Crippen LogP contribution in [0.5, 0.6) is 0 Å². The molecule has 1 aromatic carbocycles. The van der Waals surface area contributed by atoms with Crippen LogP contribution in [-0.4, -0.2) is 28.0 Å². The second-order valence-corrected chi connectivity index (χ2v) is 5.59. The van der Waals surface area contributed by atoms with Crippen molar-refractivity contribution in [2.45, 2.75) is 25.3 Å². The minimum absolute atomic E-state index is 0.163. The van der Waals surface area contributed by atoms with E-state index in [2.05, 4.69) is 10.3 Å². The van der Waals surface area contributed by atoms with Crippen molar-refractivity contribution in [3.63, 3.8) is 0 Å². The van der Waals surface area contributed by atoms with Gasteiger partial charge in [-0.3, -0.25) is 9.59 Å². The van der Waals surface area contributed by atoms with Gasteiger partial charge in [-0.15, -0.1) is 0 Å². The van der Waals surface area contributed by atoms with Gasteiger partial charge in [-0.25, -0.2) is 13.8 Å². The SMILES string of the molecule is O=C(N[C@H]1CCC[C@H]1C(=O)O)c1coc(-c2c(F)cccc2F)n1. The summed E-state index contributed by atoms with van der Waals surface area (Å²) in [4.78, 5) is 27.1. The zero-order valence-electron chi connectivity index (χ0n) is 12.5. The van der Waals surface area contributed by atoms with Crippen LogP contribution in [-0.2, 0) is 4.79 Å². The molecule has 3 rings (SSSR count). The number of hydrogen-bond donors (Lipinski definition) is 2. The van der Waals surface area contributed by atoms with E-state index in [1.54, 1.807) is 0 Å². The molecule has 0 aliphatic heterocycles. The maximum atomic E-state index is 13.7. The molecule has 0 saturated heterocycles. The molecule has 1 aliphatic rings. The van der Waals surface area contributed by atoms with Crippen LogP contribution >= 0.6 is 0 Å². The van der Waals surface area contributed by atoms with E-state index in [1.807, 2.05) is 0 Å². The van der Waals surface area contributed by atoms with Crippen LogP contribution in [0.15, 0.2) is 28.9 Å². The van der Waals surface area contributed by atoms with Gasteiger partial charge in [0.2, 0.25) is 5.89 Å². The molecule has 2 N–H and O–H groups in total. The molecule has 1 aliphatic carbocycles. The lowest BCUT2D eigenvalue weighted by molar-refractivity contribution is -0.142. The highest BCUT2D eigenvalue weighted by atomic mass is 19.1. The first-order chi connectivity index (χ1) is 11.5. The molecule has 6 nitrogen and oxygen atoms in total. The average molecular weight is 336 g/mol. The number of nitrogens with zero attached hydrogens (tertiary/aromatic N) is 1. The van der Waals surface area contributed by atoms with Crippen molar-refractivity contribution < 1.29 is 27.9 Å². The summed E-state index contributed by atoms with van der Waals surface area (Å²) in [5.74, 6) is -4.32. The summed E-state index contributed by atoms with van der Waals surface area (Å²) in [5.41, 5.74) is -0.621. The number of benzene rings is 1. The molecular formula is C16H14F2N2O4. The largest absolute Gasteiger partial charge is 0.481 e. The Morgan fingerprint density at radius 2 is 1.96 bits per heavy atom. The molecule has 126 valence electrons. The molecule has 2 aromatic rings. The average Bonchev–Trinajstić information content (AvgIpc) is 3.16. The number of carboxylic acids is 1. The van der Waals surface area contributed by atoms with Crippen molar-refractivity contribution in [1.82, 2.24) is 10.3 Å². The number of hydrogen-bond acceptors (Lipinski definition) is 4. The molecule has 0 unspecified atom stereocenters. The minimum Gasteiger partial charge on any atom is -0.481 e. The fraction of sp³-hybridized carbons (Fsp3) is 0.312. The fourth-order valence-corrected chi connectivity index (χ4v) is 2.87. The highest BCUT2D eigenvalue weighted by Gasteiger charge is 2.34. The lowest BCUT2D eigenvalue weighted by atomic mass is 10.0. The first-order valence-corrected chi connectivity index (χ1v) is 7.41. The summed E-state index contributed by atoms with van der Waals surface area (Å²) < 4.78 is 32.4. The molecule has 1 amide bonds. The number of amides is 1. The molecular weight excluding hydrogens is 322 g/mol. The van der Waals surface area contributed by atoms with E-state index in [-0.39, 0.29) is 11.6 Å². The zero-order valence-corrected chi connectivity index (χ0v) is 12.5. The second-order valence-electron chi connectivity index (χ2n) is 5.59. The normalized spacial score (nSPS) is 20.1. The van der Waals surface area contributed by atoms with Crippen LogP contribution in [0, 0.1) is 17.6 Å². The van der Waals surface area contributed by atoms with Gasteiger partial charge in [-0.1, -0.05) is 12.5 Å². The third-order valence-corrected chi connectivity index (χ3v) is 4.06. The Kier molecular flexibility index (Phi) is 4.28. The number of carbonyl (C=O) groups excluding carboxylic acids is 1. The fourth-order valence-electron chi connectivity index (χ4n) is 2.87. The maximum Gasteiger partial charge on any atom is 0.308 e. The van der Waals surface area contributed by atoms with Gasteiger partial charge < -0.3 is 14.8 Å². The first-order valence-electron chi connectivity index (χ1n) is 7.41. The smallest absolute Gasteiger partial charge is 0.308 e. The Bertz CT molecular complexity index is 770. The second kappa shape index (κ2) is 6.38. The number of halogens is 2. The summed E-state index contributed by atoms with van der Waals surface area (Å²) in [6, 6.07) is 2.81. The van der Waals surface area contributed by atoms with Gasteiger partial charge in [0.1, 0.15) is 23.5 Å². The van der Waals surface area contributed by atoms with Gasteiger partial charge >= 0.3 is 5.97 Å². The van der Waals surface area contributed by atoms with Crippen molar-refractivity contribution in [3.05, 3.63) is 41.8 Å². The monoisotopic (exact) mass is 336 g/mol. The number of rotatable bonds is 4. The predicted octanol–water partition coefficient (Wildman–Crippen LogP) is 2.60. The van der Waals surface area contributed by atoms with E-state index in [0.717, 1.165) is 18.4 Å². The van der Waals surface area contributed by atoms with Gasteiger partial charge in [0.25, 0.3) is 5.91 Å². The molecule has 2 atom stereocenters. The van der Waals surface area contributed by atoms with Crippen LogP contribution < -0.4 is 5.32 Å². The van der Waals surface area contributed by atoms with Gasteiger partial charge in [0.15, 0.2) is 5.69 Å².